The van der Waals surface area contributed by atoms with Crippen molar-refractivity contribution in [3.8, 4) is 11.5 Å². The molecule has 1 N–H and O–H groups in total. The van der Waals surface area contributed by atoms with E-state index in [1.54, 1.807) is 43.3 Å². The van der Waals surface area contributed by atoms with E-state index in [1.165, 1.54) is 30.5 Å². The molecule has 0 unspecified atom stereocenters. The molecule has 1 amide bonds. The first-order valence-electron chi connectivity index (χ1n) is 9.30. The van der Waals surface area contributed by atoms with Crippen molar-refractivity contribution in [3.05, 3.63) is 93.7 Å². The van der Waals surface area contributed by atoms with Crippen LogP contribution in [0.2, 0.25) is 0 Å². The van der Waals surface area contributed by atoms with Crippen LogP contribution in [0.5, 0.6) is 11.5 Å². The number of carbonyl (C=O) groups is 2. The van der Waals surface area contributed by atoms with Gasteiger partial charge in [-0.05, 0) is 83.0 Å². The molecule has 0 atom stereocenters. The second-order valence-electron chi connectivity index (χ2n) is 6.21. The number of nitrogens with one attached hydrogen (secondary N) is 1. The highest BCUT2D eigenvalue weighted by molar-refractivity contribution is 9.10. The molecule has 8 heteroatoms. The number of hydrazone groups is 1. The minimum atomic E-state index is -0.636. The van der Waals surface area contributed by atoms with Crippen molar-refractivity contribution >= 4 is 34.0 Å². The van der Waals surface area contributed by atoms with Crippen LogP contribution in [-0.2, 0) is 0 Å². The third-order valence-electron chi connectivity index (χ3n) is 4.05. The Morgan fingerprint density at radius 2 is 1.81 bits per heavy atom. The van der Waals surface area contributed by atoms with Gasteiger partial charge < -0.3 is 9.47 Å². The minimum absolute atomic E-state index is 0.212. The maximum absolute atomic E-state index is 13.0. The summed E-state index contributed by atoms with van der Waals surface area (Å²) >= 11 is 3.32. The van der Waals surface area contributed by atoms with E-state index in [2.05, 4.69) is 26.5 Å². The summed E-state index contributed by atoms with van der Waals surface area (Å²) in [5.41, 5.74) is 3.75. The Labute approximate surface area is 186 Å². The molecule has 0 spiro atoms. The molecule has 0 aliphatic rings. The lowest BCUT2D eigenvalue weighted by Gasteiger charge is -2.11. The average Bonchev–Trinajstić information content (AvgIpc) is 2.76. The van der Waals surface area contributed by atoms with Crippen LogP contribution in [-0.4, -0.2) is 24.7 Å². The minimum Gasteiger partial charge on any atom is -0.490 e. The lowest BCUT2D eigenvalue weighted by atomic mass is 10.2. The molecule has 0 aliphatic carbocycles. The van der Waals surface area contributed by atoms with Crippen LogP contribution in [0, 0.1) is 5.82 Å². The zero-order chi connectivity index (χ0) is 22.2. The number of esters is 1. The van der Waals surface area contributed by atoms with Gasteiger partial charge >= 0.3 is 5.97 Å². The summed E-state index contributed by atoms with van der Waals surface area (Å²) < 4.78 is 24.6. The zero-order valence-corrected chi connectivity index (χ0v) is 18.1. The predicted octanol–water partition coefficient (Wildman–Crippen LogP) is 4.97. The summed E-state index contributed by atoms with van der Waals surface area (Å²) in [6.45, 7) is 2.14. The fourth-order valence-electron chi connectivity index (χ4n) is 2.57. The van der Waals surface area contributed by atoms with Gasteiger partial charge in [-0.1, -0.05) is 12.1 Å². The molecule has 158 valence electrons. The number of nitrogens with zero attached hydrogens (tertiary/aromatic N) is 1. The van der Waals surface area contributed by atoms with Crippen molar-refractivity contribution in [3.63, 3.8) is 0 Å². The number of halogens is 2. The largest absolute Gasteiger partial charge is 0.490 e. The summed E-state index contributed by atoms with van der Waals surface area (Å²) in [4.78, 5) is 24.5. The number of hydrogen-bond acceptors (Lipinski definition) is 5. The van der Waals surface area contributed by atoms with E-state index in [-0.39, 0.29) is 17.2 Å². The molecule has 0 radical (unpaired) electrons. The van der Waals surface area contributed by atoms with E-state index in [1.807, 2.05) is 6.07 Å². The predicted molar refractivity (Wildman–Crippen MR) is 118 cm³/mol. The first kappa shape index (κ1) is 22.2. The second-order valence-corrected chi connectivity index (χ2v) is 7.07. The van der Waals surface area contributed by atoms with Crippen LogP contribution in [0.15, 0.2) is 76.3 Å². The Morgan fingerprint density at radius 1 is 1.06 bits per heavy atom. The van der Waals surface area contributed by atoms with Crippen LogP contribution in [0.1, 0.15) is 33.2 Å². The van der Waals surface area contributed by atoms with Gasteiger partial charge in [0, 0.05) is 4.47 Å². The molecule has 0 saturated carbocycles. The number of hydrogen-bond donors (Lipinski definition) is 1. The van der Waals surface area contributed by atoms with E-state index in [0.29, 0.717) is 28.0 Å². The molecule has 3 rings (SSSR count). The van der Waals surface area contributed by atoms with E-state index >= 15 is 0 Å². The van der Waals surface area contributed by atoms with E-state index in [0.717, 1.165) is 0 Å². The molecule has 31 heavy (non-hydrogen) atoms. The Balaban J connectivity index is 1.71. The summed E-state index contributed by atoms with van der Waals surface area (Å²) in [6, 6.07) is 16.9. The quantitative estimate of drug-likeness (QED) is 0.222. The molecule has 6 nitrogen and oxygen atoms in total. The van der Waals surface area contributed by atoms with Gasteiger partial charge in [0.15, 0.2) is 11.5 Å². The number of ether oxygens (including phenoxy) is 2. The van der Waals surface area contributed by atoms with Gasteiger partial charge in [0.25, 0.3) is 5.91 Å². The van der Waals surface area contributed by atoms with Crippen molar-refractivity contribution in [1.82, 2.24) is 5.43 Å². The van der Waals surface area contributed by atoms with Crippen molar-refractivity contribution < 1.29 is 23.5 Å². The molecule has 0 bridgehead atoms. The molecule has 0 heterocycles. The van der Waals surface area contributed by atoms with Crippen LogP contribution < -0.4 is 14.9 Å². The van der Waals surface area contributed by atoms with Gasteiger partial charge in [-0.25, -0.2) is 14.6 Å². The molecule has 0 saturated heterocycles. The monoisotopic (exact) mass is 484 g/mol. The fourth-order valence-corrected chi connectivity index (χ4v) is 3.04. The maximum atomic E-state index is 13.0. The zero-order valence-electron chi connectivity index (χ0n) is 16.5. The van der Waals surface area contributed by atoms with Crippen LogP contribution in [0.4, 0.5) is 4.39 Å². The van der Waals surface area contributed by atoms with Crippen molar-refractivity contribution in [2.24, 2.45) is 5.10 Å². The summed E-state index contributed by atoms with van der Waals surface area (Å²) in [7, 11) is 0. The smallest absolute Gasteiger partial charge is 0.343 e. The second kappa shape index (κ2) is 10.5. The Kier molecular flexibility index (Phi) is 7.50. The Hall–Kier alpha value is -3.52. The number of amides is 1. The van der Waals surface area contributed by atoms with E-state index in [9.17, 15) is 14.0 Å². The van der Waals surface area contributed by atoms with Crippen molar-refractivity contribution in [1.29, 1.82) is 0 Å². The van der Waals surface area contributed by atoms with Crippen molar-refractivity contribution in [2.75, 3.05) is 6.61 Å². The highest BCUT2D eigenvalue weighted by Gasteiger charge is 2.13. The molecule has 3 aromatic carbocycles. The van der Waals surface area contributed by atoms with Gasteiger partial charge in [-0.3, -0.25) is 4.79 Å². The van der Waals surface area contributed by atoms with Gasteiger partial charge in [-0.15, -0.1) is 0 Å². The Morgan fingerprint density at radius 3 is 2.52 bits per heavy atom. The highest BCUT2D eigenvalue weighted by atomic mass is 79.9. The molecular formula is C23H18BrFN2O4. The van der Waals surface area contributed by atoms with E-state index < -0.39 is 11.8 Å². The molecular weight excluding hydrogens is 467 g/mol. The summed E-state index contributed by atoms with van der Waals surface area (Å²) in [6.07, 6.45) is 1.45. The fraction of sp³-hybridized carbons (Fsp3) is 0.0870. The SMILES string of the molecule is CCOc1cc(C=NNC(=O)c2ccccc2Br)ccc1OC(=O)c1ccc(F)cc1. The topological polar surface area (TPSA) is 77.0 Å². The van der Waals surface area contributed by atoms with Gasteiger partial charge in [-0.2, -0.15) is 5.10 Å². The maximum Gasteiger partial charge on any atom is 0.343 e. The lowest BCUT2D eigenvalue weighted by Crippen LogP contribution is -2.18. The van der Waals surface area contributed by atoms with Gasteiger partial charge in [0.2, 0.25) is 0 Å². The van der Waals surface area contributed by atoms with Crippen LogP contribution in [0.25, 0.3) is 0 Å². The van der Waals surface area contributed by atoms with Crippen LogP contribution in [0.3, 0.4) is 0 Å². The lowest BCUT2D eigenvalue weighted by molar-refractivity contribution is 0.0728. The standard InChI is InChI=1S/C23H18BrFN2O4/c1-2-30-21-13-15(14-26-27-22(28)18-5-3-4-6-19(18)24)7-12-20(21)31-23(29)16-8-10-17(25)11-9-16/h3-14H,2H2,1H3,(H,27,28). The highest BCUT2D eigenvalue weighted by Crippen LogP contribution is 2.29. The van der Waals surface area contributed by atoms with E-state index in [4.69, 9.17) is 9.47 Å². The number of benzene rings is 3. The third-order valence-corrected chi connectivity index (χ3v) is 4.74. The molecule has 0 fully saturated rings. The molecule has 0 aromatic heterocycles. The summed E-state index contributed by atoms with van der Waals surface area (Å²) in [5.74, 6) is -0.895. The first-order valence-corrected chi connectivity index (χ1v) is 10.1. The van der Waals surface area contributed by atoms with Gasteiger partial charge in [0.05, 0.1) is 23.9 Å². The third kappa shape index (κ3) is 5.99. The normalized spacial score (nSPS) is 10.7. The Bertz CT molecular complexity index is 1120. The summed E-state index contributed by atoms with van der Waals surface area (Å²) in [5, 5.41) is 3.96. The number of rotatable bonds is 7. The first-order chi connectivity index (χ1) is 15.0. The van der Waals surface area contributed by atoms with Gasteiger partial charge in [0.1, 0.15) is 5.82 Å². The van der Waals surface area contributed by atoms with Crippen LogP contribution >= 0.6 is 15.9 Å². The molecule has 0 aliphatic heterocycles. The average molecular weight is 485 g/mol. The van der Waals surface area contributed by atoms with Crippen molar-refractivity contribution in [2.45, 2.75) is 6.92 Å². The molecule has 3 aromatic rings. The number of carbonyl (C=O) groups excluding carboxylic acids is 2.